The molecule has 94 valence electrons. The third-order valence-corrected chi connectivity index (χ3v) is 3.37. The van der Waals surface area contributed by atoms with E-state index in [9.17, 15) is 9.90 Å². The predicted octanol–water partition coefficient (Wildman–Crippen LogP) is 3.12. The average molecular weight is 364 g/mol. The monoisotopic (exact) mass is 364 g/mol. The van der Waals surface area contributed by atoms with E-state index in [1.165, 1.54) is 6.07 Å². The number of carbonyl (C=O) groups is 1. The van der Waals surface area contributed by atoms with Crippen LogP contribution in [0.3, 0.4) is 0 Å². The van der Waals surface area contributed by atoms with Crippen molar-refractivity contribution in [3.8, 4) is 11.8 Å². The number of hydrogen-bond donors (Lipinski definition) is 2. The Morgan fingerprint density at radius 1 is 1.26 bits per heavy atom. The number of phenolic OH excluding ortho intramolecular Hbond substituents is 1. The summed E-state index contributed by atoms with van der Waals surface area (Å²) in [5, 5.41) is 21.0. The molecule has 0 unspecified atom stereocenters. The van der Waals surface area contributed by atoms with Crippen LogP contribution in [0, 0.1) is 14.9 Å². The van der Waals surface area contributed by atoms with Gasteiger partial charge in [0, 0.05) is 11.3 Å². The van der Waals surface area contributed by atoms with Crippen LogP contribution in [0.15, 0.2) is 42.5 Å². The van der Waals surface area contributed by atoms with Crippen molar-refractivity contribution in [1.29, 1.82) is 5.26 Å². The summed E-state index contributed by atoms with van der Waals surface area (Å²) in [6, 6.07) is 13.3. The van der Waals surface area contributed by atoms with Crippen LogP contribution in [0.5, 0.6) is 5.75 Å². The van der Waals surface area contributed by atoms with Crippen molar-refractivity contribution in [2.24, 2.45) is 0 Å². The van der Waals surface area contributed by atoms with Gasteiger partial charge in [0.25, 0.3) is 5.91 Å². The molecule has 0 aliphatic rings. The van der Waals surface area contributed by atoms with Crippen LogP contribution in [-0.4, -0.2) is 11.0 Å². The van der Waals surface area contributed by atoms with E-state index in [0.717, 1.165) is 0 Å². The zero-order chi connectivity index (χ0) is 13.8. The predicted molar refractivity (Wildman–Crippen MR) is 79.9 cm³/mol. The summed E-state index contributed by atoms with van der Waals surface area (Å²) in [6.07, 6.45) is 0. The Kier molecular flexibility index (Phi) is 4.02. The van der Waals surface area contributed by atoms with Gasteiger partial charge in [-0.2, -0.15) is 5.26 Å². The molecule has 0 fully saturated rings. The lowest BCUT2D eigenvalue weighted by molar-refractivity contribution is 0.102. The Morgan fingerprint density at radius 3 is 2.74 bits per heavy atom. The van der Waals surface area contributed by atoms with Crippen molar-refractivity contribution >= 4 is 34.2 Å². The minimum atomic E-state index is -0.332. The molecule has 19 heavy (non-hydrogen) atoms. The molecule has 5 heteroatoms. The van der Waals surface area contributed by atoms with Gasteiger partial charge in [-0.3, -0.25) is 4.79 Å². The second-order valence-electron chi connectivity index (χ2n) is 3.81. The molecule has 0 aromatic heterocycles. The first kappa shape index (κ1) is 13.4. The van der Waals surface area contributed by atoms with Crippen molar-refractivity contribution < 1.29 is 9.90 Å². The lowest BCUT2D eigenvalue weighted by Crippen LogP contribution is -2.11. The first-order valence-electron chi connectivity index (χ1n) is 5.40. The van der Waals surface area contributed by atoms with E-state index in [-0.39, 0.29) is 11.7 Å². The summed E-state index contributed by atoms with van der Waals surface area (Å²) in [6.45, 7) is 0. The minimum Gasteiger partial charge on any atom is -0.507 e. The highest BCUT2D eigenvalue weighted by molar-refractivity contribution is 14.1. The molecular formula is C14H9IN2O2. The molecule has 0 aliphatic carbocycles. The number of rotatable bonds is 2. The molecule has 0 radical (unpaired) electrons. The maximum Gasteiger partial charge on any atom is 0.255 e. The van der Waals surface area contributed by atoms with Crippen molar-refractivity contribution in [3.05, 3.63) is 57.2 Å². The molecule has 0 atom stereocenters. The third-order valence-electron chi connectivity index (χ3n) is 2.46. The number of halogens is 1. The largest absolute Gasteiger partial charge is 0.507 e. The van der Waals surface area contributed by atoms with Crippen LogP contribution in [0.2, 0.25) is 0 Å². The number of amides is 1. The first-order chi connectivity index (χ1) is 9.10. The van der Waals surface area contributed by atoms with Gasteiger partial charge in [-0.05, 0) is 59.0 Å². The second kappa shape index (κ2) is 5.71. The fourth-order valence-corrected chi connectivity index (χ4v) is 1.86. The SMILES string of the molecule is N#Cc1cccc(NC(=O)c2ccc(I)c(O)c2)c1. The highest BCUT2D eigenvalue weighted by atomic mass is 127. The molecule has 0 heterocycles. The highest BCUT2D eigenvalue weighted by Crippen LogP contribution is 2.21. The van der Waals surface area contributed by atoms with E-state index in [1.54, 1.807) is 36.4 Å². The highest BCUT2D eigenvalue weighted by Gasteiger charge is 2.08. The molecule has 2 aromatic carbocycles. The van der Waals surface area contributed by atoms with Gasteiger partial charge in [0.1, 0.15) is 5.75 Å². The van der Waals surface area contributed by atoms with Crippen molar-refractivity contribution in [3.63, 3.8) is 0 Å². The van der Waals surface area contributed by atoms with E-state index in [1.807, 2.05) is 28.7 Å². The molecule has 0 saturated heterocycles. The van der Waals surface area contributed by atoms with Gasteiger partial charge < -0.3 is 10.4 Å². The van der Waals surface area contributed by atoms with Crippen molar-refractivity contribution in [2.45, 2.75) is 0 Å². The lowest BCUT2D eigenvalue weighted by Gasteiger charge is -2.06. The number of nitriles is 1. The maximum atomic E-state index is 12.0. The molecule has 0 aliphatic heterocycles. The number of carbonyl (C=O) groups excluding carboxylic acids is 1. The van der Waals surface area contributed by atoms with Gasteiger partial charge >= 0.3 is 0 Å². The lowest BCUT2D eigenvalue weighted by atomic mass is 10.2. The van der Waals surface area contributed by atoms with E-state index in [4.69, 9.17) is 5.26 Å². The average Bonchev–Trinajstić information content (AvgIpc) is 2.42. The number of nitrogens with one attached hydrogen (secondary N) is 1. The maximum absolute atomic E-state index is 12.0. The Hall–Kier alpha value is -2.07. The summed E-state index contributed by atoms with van der Waals surface area (Å²) in [7, 11) is 0. The molecule has 1 amide bonds. The zero-order valence-electron chi connectivity index (χ0n) is 9.72. The quantitative estimate of drug-likeness (QED) is 0.805. The van der Waals surface area contributed by atoms with Crippen molar-refractivity contribution in [1.82, 2.24) is 0 Å². The van der Waals surface area contributed by atoms with E-state index in [0.29, 0.717) is 20.4 Å². The number of aromatic hydroxyl groups is 1. The Bertz CT molecular complexity index is 677. The zero-order valence-corrected chi connectivity index (χ0v) is 11.9. The van der Waals surface area contributed by atoms with E-state index >= 15 is 0 Å². The van der Waals surface area contributed by atoms with Gasteiger partial charge in [-0.25, -0.2) is 0 Å². The molecule has 4 nitrogen and oxygen atoms in total. The summed E-state index contributed by atoms with van der Waals surface area (Å²) >= 11 is 1.98. The Labute approximate surface area is 123 Å². The van der Waals surface area contributed by atoms with E-state index in [2.05, 4.69) is 5.32 Å². The van der Waals surface area contributed by atoms with Crippen molar-refractivity contribution in [2.75, 3.05) is 5.32 Å². The molecule has 2 rings (SSSR count). The first-order valence-corrected chi connectivity index (χ1v) is 6.48. The van der Waals surface area contributed by atoms with Gasteiger partial charge in [-0.1, -0.05) is 6.07 Å². The Morgan fingerprint density at radius 2 is 2.05 bits per heavy atom. The molecular weight excluding hydrogens is 355 g/mol. The van der Waals surface area contributed by atoms with Gasteiger partial charge in [0.2, 0.25) is 0 Å². The molecule has 0 saturated carbocycles. The second-order valence-corrected chi connectivity index (χ2v) is 4.98. The minimum absolute atomic E-state index is 0.0685. The summed E-state index contributed by atoms with van der Waals surface area (Å²) < 4.78 is 0.681. The third kappa shape index (κ3) is 3.23. The summed E-state index contributed by atoms with van der Waals surface area (Å²) in [5.74, 6) is -0.263. The van der Waals surface area contributed by atoms with Crippen LogP contribution in [0.1, 0.15) is 15.9 Å². The fourth-order valence-electron chi connectivity index (χ4n) is 1.52. The Balaban J connectivity index is 2.21. The summed E-state index contributed by atoms with van der Waals surface area (Å²) in [5.41, 5.74) is 1.38. The van der Waals surface area contributed by atoms with Gasteiger partial charge in [0.05, 0.1) is 15.2 Å². The van der Waals surface area contributed by atoms with Gasteiger partial charge in [-0.15, -0.1) is 0 Å². The number of anilines is 1. The van der Waals surface area contributed by atoms with Crippen LogP contribution in [0.4, 0.5) is 5.69 Å². The number of phenols is 1. The fraction of sp³-hybridized carbons (Fsp3) is 0. The summed E-state index contributed by atoms with van der Waals surface area (Å²) in [4.78, 5) is 12.0. The molecule has 0 bridgehead atoms. The molecule has 0 spiro atoms. The topological polar surface area (TPSA) is 73.1 Å². The number of nitrogens with zero attached hydrogens (tertiary/aromatic N) is 1. The molecule has 2 N–H and O–H groups in total. The number of hydrogen-bond acceptors (Lipinski definition) is 3. The smallest absolute Gasteiger partial charge is 0.255 e. The van der Waals surface area contributed by atoms with E-state index < -0.39 is 0 Å². The van der Waals surface area contributed by atoms with Crippen LogP contribution in [0.25, 0.3) is 0 Å². The van der Waals surface area contributed by atoms with Gasteiger partial charge in [0.15, 0.2) is 0 Å². The standard InChI is InChI=1S/C14H9IN2O2/c15-12-5-4-10(7-13(12)18)14(19)17-11-3-1-2-9(6-11)8-16/h1-7,18H,(H,17,19). The number of benzene rings is 2. The van der Waals surface area contributed by atoms with Crippen LogP contribution >= 0.6 is 22.6 Å². The normalized spacial score (nSPS) is 9.68. The van der Waals surface area contributed by atoms with Crippen LogP contribution < -0.4 is 5.32 Å². The van der Waals surface area contributed by atoms with Crippen LogP contribution in [-0.2, 0) is 0 Å². The molecule has 2 aromatic rings.